The van der Waals surface area contributed by atoms with Crippen molar-refractivity contribution in [2.45, 2.75) is 178 Å². The molecule has 0 radical (unpaired) electrons. The summed E-state index contributed by atoms with van der Waals surface area (Å²) in [5.41, 5.74) is 7.10. The monoisotopic (exact) mass is 931 g/mol. The first-order valence-corrected chi connectivity index (χ1v) is 26.1. The lowest BCUT2D eigenvalue weighted by molar-refractivity contribution is 0.103. The van der Waals surface area contributed by atoms with Gasteiger partial charge in [0.1, 0.15) is 11.5 Å². The minimum atomic E-state index is -0.789. The molecule has 1 fully saturated rings. The fourth-order valence-electron chi connectivity index (χ4n) is 9.60. The molecular formula is C61H84F2N2O3. The predicted molar refractivity (Wildman–Crippen MR) is 284 cm³/mol. The van der Waals surface area contributed by atoms with Crippen molar-refractivity contribution in [3.05, 3.63) is 143 Å². The molecule has 0 spiro atoms. The molecule has 0 amide bonds. The Bertz CT molecular complexity index is 2320. The van der Waals surface area contributed by atoms with E-state index in [1.54, 1.807) is 12.2 Å². The first-order chi connectivity index (χ1) is 32.9. The summed E-state index contributed by atoms with van der Waals surface area (Å²) in [6.45, 7) is 25.2. The largest absolute Gasteiger partial charge is 0.490 e. The number of aromatic amines is 1. The van der Waals surface area contributed by atoms with E-state index in [0.29, 0.717) is 34.8 Å². The van der Waals surface area contributed by atoms with Gasteiger partial charge in [0.15, 0.2) is 17.4 Å². The lowest BCUT2D eigenvalue weighted by Gasteiger charge is -2.27. The van der Waals surface area contributed by atoms with E-state index in [-0.39, 0.29) is 17.8 Å². The van der Waals surface area contributed by atoms with E-state index < -0.39 is 17.4 Å². The number of H-pyrrole nitrogens is 1. The highest BCUT2D eigenvalue weighted by Gasteiger charge is 2.27. The van der Waals surface area contributed by atoms with E-state index in [1.165, 1.54) is 82.4 Å². The highest BCUT2D eigenvalue weighted by molar-refractivity contribution is 6.12. The quantitative estimate of drug-likeness (QED) is 0.0285. The lowest BCUT2D eigenvalue weighted by atomic mass is 9.83. The van der Waals surface area contributed by atoms with E-state index >= 15 is 0 Å². The number of benzene rings is 3. The van der Waals surface area contributed by atoms with Crippen molar-refractivity contribution in [2.24, 2.45) is 17.8 Å². The van der Waals surface area contributed by atoms with Crippen LogP contribution >= 0.6 is 0 Å². The summed E-state index contributed by atoms with van der Waals surface area (Å²) in [7, 11) is 0. The topological polar surface area (TPSA) is 63.4 Å². The number of aryl methyl sites for hydroxylation is 1. The fourth-order valence-corrected chi connectivity index (χ4v) is 9.60. The Hall–Kier alpha value is -5.17. The van der Waals surface area contributed by atoms with Gasteiger partial charge < -0.3 is 19.8 Å². The summed E-state index contributed by atoms with van der Waals surface area (Å²) in [5, 5.41) is 4.39. The molecule has 0 bridgehead atoms. The number of rotatable bonds is 26. The zero-order valence-corrected chi connectivity index (χ0v) is 43.4. The minimum absolute atomic E-state index is 0.0910. The number of para-hydroxylation sites is 1. The maximum Gasteiger partial charge on any atom is 0.210 e. The number of hydrogen-bond acceptors (Lipinski definition) is 4. The molecule has 3 unspecified atom stereocenters. The normalized spacial score (nSPS) is 15.3. The van der Waals surface area contributed by atoms with Gasteiger partial charge >= 0.3 is 0 Å². The van der Waals surface area contributed by atoms with Crippen LogP contribution in [-0.4, -0.2) is 16.9 Å². The number of ketones is 1. The van der Waals surface area contributed by atoms with Gasteiger partial charge in [-0.2, -0.15) is 0 Å². The molecule has 3 atom stereocenters. The maximum atomic E-state index is 14.8. The van der Waals surface area contributed by atoms with Crippen molar-refractivity contribution < 1.29 is 23.0 Å². The molecule has 1 saturated carbocycles. The molecule has 7 heteroatoms. The van der Waals surface area contributed by atoms with Crippen molar-refractivity contribution in [3.8, 4) is 22.6 Å². The Labute approximate surface area is 409 Å². The average Bonchev–Trinajstić information content (AvgIpc) is 4.02. The van der Waals surface area contributed by atoms with Gasteiger partial charge in [-0.25, -0.2) is 8.78 Å². The predicted octanol–water partition coefficient (Wildman–Crippen LogP) is 18.4. The summed E-state index contributed by atoms with van der Waals surface area (Å²) in [6, 6.07) is 18.2. The number of Topliss-reactive ketones (excluding diaryl/α,β-unsaturated/α-hetero) is 1. The molecule has 1 aliphatic rings. The Morgan fingerprint density at radius 3 is 2.15 bits per heavy atom. The van der Waals surface area contributed by atoms with Crippen LogP contribution in [0.5, 0.6) is 11.5 Å². The molecule has 68 heavy (non-hydrogen) atoms. The van der Waals surface area contributed by atoms with Gasteiger partial charge in [-0.3, -0.25) is 4.79 Å². The molecule has 0 aliphatic heterocycles. The molecule has 1 heterocycles. The highest BCUT2D eigenvalue weighted by atomic mass is 19.1. The van der Waals surface area contributed by atoms with Crippen LogP contribution in [0.3, 0.4) is 0 Å². The Kier molecular flexibility index (Phi) is 23.6. The Morgan fingerprint density at radius 2 is 1.56 bits per heavy atom. The zero-order valence-electron chi connectivity index (χ0n) is 43.4. The van der Waals surface area contributed by atoms with Crippen molar-refractivity contribution in [3.63, 3.8) is 0 Å². The molecule has 0 saturated heterocycles. The number of nitrogens with one attached hydrogen (secondary N) is 2. The second-order valence-corrected chi connectivity index (χ2v) is 18.8. The molecule has 370 valence electrons. The van der Waals surface area contributed by atoms with Gasteiger partial charge in [0.2, 0.25) is 5.78 Å². The highest BCUT2D eigenvalue weighted by Crippen LogP contribution is 2.40. The van der Waals surface area contributed by atoms with Crippen LogP contribution in [0.1, 0.15) is 181 Å². The van der Waals surface area contributed by atoms with E-state index in [2.05, 4.69) is 102 Å². The Balaban J connectivity index is 0.00000191. The number of halogens is 2. The van der Waals surface area contributed by atoms with Gasteiger partial charge in [-0.15, -0.1) is 0 Å². The summed E-state index contributed by atoms with van der Waals surface area (Å²) in [6.07, 6.45) is 25.8. The third-order valence-electron chi connectivity index (χ3n) is 13.6. The van der Waals surface area contributed by atoms with Crippen molar-refractivity contribution in [1.29, 1.82) is 0 Å². The number of aromatic nitrogens is 1. The van der Waals surface area contributed by atoms with Crippen LogP contribution < -0.4 is 14.8 Å². The first-order valence-electron chi connectivity index (χ1n) is 26.1. The minimum Gasteiger partial charge on any atom is -0.490 e. The molecule has 1 aromatic heterocycles. The standard InChI is InChI=1S/C56H72F2N2O3.C5H12/c1-10-16-27-44(63-56-49(57)29-21-30-50(56)58)35-52(45(14-5)37(7)13-4)59-39(9)46(15-6)55(61)53-33-42-34-54(48(36-51(42)60-53)47-28-20-17-24-38(47)8)62-43(23-12-3)32-31-40(22-11-2)41-25-18-19-26-41;1-3-5-4-2/h14-15,17,20-21,24,27-30,33-37,40-41,43,59-60H,6,10-13,16,18-19,22-23,25-26,31-32H2,1-5,7-9H3;3-5H2,1-2H3/b44-27-,45-14-,46-39-,52-35+;. The van der Waals surface area contributed by atoms with Gasteiger partial charge in [-0.1, -0.05) is 168 Å². The molecule has 5 nitrogen and oxygen atoms in total. The molecule has 2 N–H and O–H groups in total. The van der Waals surface area contributed by atoms with E-state index in [0.717, 1.165) is 82.9 Å². The van der Waals surface area contributed by atoms with Gasteiger partial charge in [0.25, 0.3) is 0 Å². The summed E-state index contributed by atoms with van der Waals surface area (Å²) in [4.78, 5) is 18.0. The second-order valence-electron chi connectivity index (χ2n) is 18.8. The number of allylic oxidation sites excluding steroid dienone is 7. The van der Waals surface area contributed by atoms with Gasteiger partial charge in [-0.05, 0) is 124 Å². The van der Waals surface area contributed by atoms with E-state index in [4.69, 9.17) is 9.47 Å². The SMILES string of the molecule is C=C/C(C(=O)c1cc2cc(OC(CCC)CCC(CCC)C3CCCC3)c(-c3ccccc3C)cc2[nH]1)=C(\C)NC(=C/C(=C/CCC)Oc1c(F)cccc1F)/C(=C\C)C(C)CC.CCCCC. The molecular weight excluding hydrogens is 847 g/mol. The van der Waals surface area contributed by atoms with Crippen LogP contribution in [0.4, 0.5) is 8.78 Å². The fraction of sp³-hybridized carbons (Fsp3) is 0.492. The van der Waals surface area contributed by atoms with E-state index in [9.17, 15) is 13.6 Å². The van der Waals surface area contributed by atoms with Crippen molar-refractivity contribution in [2.75, 3.05) is 0 Å². The molecule has 4 aromatic rings. The molecule has 5 rings (SSSR count). The van der Waals surface area contributed by atoms with E-state index in [1.807, 2.05) is 39.0 Å². The number of carbonyl (C=O) groups excluding carboxylic acids is 1. The second kappa shape index (κ2) is 29.0. The molecule has 1 aliphatic carbocycles. The van der Waals surface area contributed by atoms with Gasteiger partial charge in [0, 0.05) is 39.5 Å². The summed E-state index contributed by atoms with van der Waals surface area (Å²) < 4.78 is 42.7. The number of ether oxygens (including phenoxy) is 2. The van der Waals surface area contributed by atoms with Crippen LogP contribution in [0.25, 0.3) is 22.0 Å². The third kappa shape index (κ3) is 15.7. The number of unbranched alkanes of at least 4 members (excludes halogenated alkanes) is 3. The number of hydrogen-bond donors (Lipinski definition) is 2. The number of fused-ring (bicyclic) bond motifs is 1. The molecule has 3 aromatic carbocycles. The summed E-state index contributed by atoms with van der Waals surface area (Å²) >= 11 is 0. The van der Waals surface area contributed by atoms with Crippen LogP contribution in [0.2, 0.25) is 0 Å². The lowest BCUT2D eigenvalue weighted by Crippen LogP contribution is -2.20. The smallest absolute Gasteiger partial charge is 0.210 e. The van der Waals surface area contributed by atoms with Crippen molar-refractivity contribution >= 4 is 16.7 Å². The third-order valence-corrected chi connectivity index (χ3v) is 13.6. The number of carbonyl (C=O) groups is 1. The maximum absolute atomic E-state index is 14.8. The van der Waals surface area contributed by atoms with Crippen LogP contribution in [0, 0.1) is 36.3 Å². The Morgan fingerprint density at radius 1 is 0.868 bits per heavy atom. The first kappa shape index (κ1) is 55.4. The average molecular weight is 931 g/mol. The van der Waals surface area contributed by atoms with Crippen molar-refractivity contribution in [1.82, 2.24) is 10.3 Å². The van der Waals surface area contributed by atoms with Crippen LogP contribution in [-0.2, 0) is 0 Å². The van der Waals surface area contributed by atoms with Gasteiger partial charge in [0.05, 0.1) is 11.8 Å². The summed E-state index contributed by atoms with van der Waals surface area (Å²) in [5.74, 6) is 0.579. The zero-order chi connectivity index (χ0) is 49.6. The van der Waals surface area contributed by atoms with Crippen LogP contribution in [0.15, 0.2) is 120 Å².